The molecular formula is C69H124O6. The number of unbranched alkanes of at least 4 members (excludes halogenated alkanes) is 39. The van der Waals surface area contributed by atoms with Gasteiger partial charge in [-0.1, -0.05) is 274 Å². The van der Waals surface area contributed by atoms with Gasteiger partial charge >= 0.3 is 17.9 Å². The normalized spacial score (nSPS) is 12.4. The highest BCUT2D eigenvalue weighted by atomic mass is 16.6. The summed E-state index contributed by atoms with van der Waals surface area (Å²) < 4.78 is 17.0. The van der Waals surface area contributed by atoms with Gasteiger partial charge in [0, 0.05) is 19.3 Å². The average Bonchev–Trinajstić information content (AvgIpc) is 3.41. The molecular weight excluding hydrogens is 925 g/mol. The molecule has 0 radical (unpaired) electrons. The zero-order valence-electron chi connectivity index (χ0n) is 50.1. The first-order chi connectivity index (χ1) is 37.0. The van der Waals surface area contributed by atoms with Gasteiger partial charge in [-0.2, -0.15) is 0 Å². The molecule has 0 fully saturated rings. The lowest BCUT2D eigenvalue weighted by molar-refractivity contribution is -0.167. The molecule has 75 heavy (non-hydrogen) atoms. The van der Waals surface area contributed by atoms with Gasteiger partial charge in [0.15, 0.2) is 6.10 Å². The van der Waals surface area contributed by atoms with E-state index in [-0.39, 0.29) is 31.1 Å². The van der Waals surface area contributed by atoms with Gasteiger partial charge in [0.2, 0.25) is 0 Å². The van der Waals surface area contributed by atoms with Crippen molar-refractivity contribution in [2.24, 2.45) is 0 Å². The number of hydrogen-bond donors (Lipinski definition) is 0. The lowest BCUT2D eigenvalue weighted by atomic mass is 10.1. The highest BCUT2D eigenvalue weighted by molar-refractivity contribution is 5.71. The number of esters is 3. The molecule has 1 atom stereocenters. The largest absolute Gasteiger partial charge is 0.462 e. The Labute approximate surface area is 466 Å². The van der Waals surface area contributed by atoms with Gasteiger partial charge in [0.05, 0.1) is 0 Å². The standard InChI is InChI=1S/C69H124O6/c1-4-7-10-13-16-19-22-25-28-31-34-37-40-43-46-49-52-55-58-61-67(70)73-64-66(75-69(72)63-60-57-54-51-48-45-42-39-36-33-30-27-24-21-18-15-12-9-6-3)65-74-68(71)62-59-56-53-50-47-44-41-38-35-32-29-26-23-20-17-14-11-8-5-2/h16,18-19,21,25,27-28,30,32,35,66H,4-15,17,20,22-24,26,29,31,33-34,36-65H2,1-3H3/b19-16-,21-18-,28-25-,30-27-,35-32-/t66-/m0/s1. The third-order valence-corrected chi connectivity index (χ3v) is 14.5. The van der Waals surface area contributed by atoms with Crippen LogP contribution in [0.25, 0.3) is 0 Å². The minimum atomic E-state index is -0.781. The summed E-state index contributed by atoms with van der Waals surface area (Å²) in [5, 5.41) is 0. The summed E-state index contributed by atoms with van der Waals surface area (Å²) in [6.07, 6.45) is 80.7. The number of rotatable bonds is 60. The predicted molar refractivity (Wildman–Crippen MR) is 325 cm³/mol. The summed E-state index contributed by atoms with van der Waals surface area (Å²) in [5.74, 6) is -0.871. The van der Waals surface area contributed by atoms with Gasteiger partial charge in [0.1, 0.15) is 13.2 Å². The van der Waals surface area contributed by atoms with E-state index in [1.165, 1.54) is 231 Å². The average molecular weight is 1050 g/mol. The van der Waals surface area contributed by atoms with Gasteiger partial charge in [-0.15, -0.1) is 0 Å². The Kier molecular flexibility index (Phi) is 61.2. The van der Waals surface area contributed by atoms with Crippen molar-refractivity contribution in [3.8, 4) is 0 Å². The zero-order valence-corrected chi connectivity index (χ0v) is 50.1. The van der Waals surface area contributed by atoms with E-state index in [1.54, 1.807) is 0 Å². The van der Waals surface area contributed by atoms with Crippen LogP contribution in [-0.2, 0) is 28.6 Å². The second-order valence-electron chi connectivity index (χ2n) is 22.0. The third kappa shape index (κ3) is 61.8. The number of carbonyl (C=O) groups excluding carboxylic acids is 3. The maximum atomic E-state index is 12.9. The molecule has 6 heteroatoms. The molecule has 0 aliphatic rings. The molecule has 0 spiro atoms. The molecule has 436 valence electrons. The van der Waals surface area contributed by atoms with E-state index in [9.17, 15) is 14.4 Å². The lowest BCUT2D eigenvalue weighted by Crippen LogP contribution is -2.30. The van der Waals surface area contributed by atoms with E-state index < -0.39 is 6.10 Å². The molecule has 0 amide bonds. The summed E-state index contributed by atoms with van der Waals surface area (Å²) in [5.41, 5.74) is 0. The van der Waals surface area contributed by atoms with E-state index in [4.69, 9.17) is 14.2 Å². The Morgan fingerprint density at radius 3 is 0.773 bits per heavy atom. The Morgan fingerprint density at radius 2 is 0.480 bits per heavy atom. The van der Waals surface area contributed by atoms with Crippen molar-refractivity contribution in [2.45, 2.75) is 348 Å². The Hall–Kier alpha value is -2.89. The number of ether oxygens (including phenoxy) is 3. The highest BCUT2D eigenvalue weighted by Crippen LogP contribution is 2.17. The summed E-state index contributed by atoms with van der Waals surface area (Å²) in [6, 6.07) is 0. The quantitative estimate of drug-likeness (QED) is 0.0261. The number of hydrogen-bond acceptors (Lipinski definition) is 6. The van der Waals surface area contributed by atoms with Crippen molar-refractivity contribution in [1.82, 2.24) is 0 Å². The molecule has 0 aromatic heterocycles. The Balaban J connectivity index is 4.37. The second kappa shape index (κ2) is 63.6. The molecule has 0 aliphatic heterocycles. The van der Waals surface area contributed by atoms with E-state index in [2.05, 4.69) is 81.5 Å². The van der Waals surface area contributed by atoms with Crippen molar-refractivity contribution >= 4 is 17.9 Å². The van der Waals surface area contributed by atoms with Crippen molar-refractivity contribution < 1.29 is 28.6 Å². The van der Waals surface area contributed by atoms with Crippen LogP contribution in [0.5, 0.6) is 0 Å². The van der Waals surface area contributed by atoms with Gasteiger partial charge in [-0.3, -0.25) is 14.4 Å². The van der Waals surface area contributed by atoms with E-state index in [0.29, 0.717) is 19.3 Å². The fraction of sp³-hybridized carbons (Fsp3) is 0.812. The fourth-order valence-electron chi connectivity index (χ4n) is 9.50. The third-order valence-electron chi connectivity index (χ3n) is 14.5. The molecule has 0 bridgehead atoms. The van der Waals surface area contributed by atoms with Crippen LogP contribution < -0.4 is 0 Å². The molecule has 0 saturated carbocycles. The predicted octanol–water partition coefficient (Wildman–Crippen LogP) is 22.3. The summed E-state index contributed by atoms with van der Waals surface area (Å²) >= 11 is 0. The molecule has 0 rings (SSSR count). The Bertz CT molecular complexity index is 1340. The monoisotopic (exact) mass is 1050 g/mol. The van der Waals surface area contributed by atoms with E-state index >= 15 is 0 Å². The molecule has 0 aromatic rings. The van der Waals surface area contributed by atoms with Crippen molar-refractivity contribution in [3.63, 3.8) is 0 Å². The first-order valence-corrected chi connectivity index (χ1v) is 32.8. The highest BCUT2D eigenvalue weighted by Gasteiger charge is 2.19. The molecule has 0 aliphatic carbocycles. The van der Waals surface area contributed by atoms with Gasteiger partial charge < -0.3 is 14.2 Å². The molecule has 0 N–H and O–H groups in total. The Morgan fingerprint density at radius 1 is 0.267 bits per heavy atom. The van der Waals surface area contributed by atoms with Crippen LogP contribution in [0.4, 0.5) is 0 Å². The smallest absolute Gasteiger partial charge is 0.306 e. The second-order valence-corrected chi connectivity index (χ2v) is 22.0. The van der Waals surface area contributed by atoms with Gasteiger partial charge in [-0.25, -0.2) is 0 Å². The zero-order chi connectivity index (χ0) is 54.3. The molecule has 0 aromatic carbocycles. The first kappa shape index (κ1) is 72.1. The number of allylic oxidation sites excluding steroid dienone is 10. The molecule has 0 saturated heterocycles. The van der Waals surface area contributed by atoms with Crippen LogP contribution in [0.2, 0.25) is 0 Å². The molecule has 6 nitrogen and oxygen atoms in total. The van der Waals surface area contributed by atoms with Crippen molar-refractivity contribution in [1.29, 1.82) is 0 Å². The first-order valence-electron chi connectivity index (χ1n) is 32.8. The van der Waals surface area contributed by atoms with Crippen LogP contribution in [0.1, 0.15) is 342 Å². The van der Waals surface area contributed by atoms with Crippen LogP contribution in [0.15, 0.2) is 60.8 Å². The topological polar surface area (TPSA) is 78.9 Å². The minimum Gasteiger partial charge on any atom is -0.462 e. The van der Waals surface area contributed by atoms with Crippen molar-refractivity contribution in [2.75, 3.05) is 13.2 Å². The van der Waals surface area contributed by atoms with Gasteiger partial charge in [0.25, 0.3) is 0 Å². The van der Waals surface area contributed by atoms with Crippen LogP contribution in [0.3, 0.4) is 0 Å². The fourth-order valence-corrected chi connectivity index (χ4v) is 9.50. The summed E-state index contributed by atoms with van der Waals surface area (Å²) in [4.78, 5) is 38.4. The maximum absolute atomic E-state index is 12.9. The molecule has 0 unspecified atom stereocenters. The lowest BCUT2D eigenvalue weighted by Gasteiger charge is -2.18. The van der Waals surface area contributed by atoms with Crippen LogP contribution in [-0.4, -0.2) is 37.2 Å². The summed E-state index contributed by atoms with van der Waals surface area (Å²) in [6.45, 7) is 6.63. The number of carbonyl (C=O) groups is 3. The minimum absolute atomic E-state index is 0.0776. The van der Waals surface area contributed by atoms with Gasteiger partial charge in [-0.05, 0) is 109 Å². The van der Waals surface area contributed by atoms with Crippen LogP contribution >= 0.6 is 0 Å². The van der Waals surface area contributed by atoms with Crippen molar-refractivity contribution in [3.05, 3.63) is 60.8 Å². The van der Waals surface area contributed by atoms with E-state index in [1.807, 2.05) is 0 Å². The maximum Gasteiger partial charge on any atom is 0.306 e. The summed E-state index contributed by atoms with van der Waals surface area (Å²) in [7, 11) is 0. The van der Waals surface area contributed by atoms with Crippen LogP contribution in [0, 0.1) is 0 Å². The molecule has 0 heterocycles. The van der Waals surface area contributed by atoms with E-state index in [0.717, 1.165) is 70.6 Å². The SMILES string of the molecule is CCCCC/C=C\C/C=C\CCCCCCCCCCCC(=O)OC[C@@H](COC(=O)CCCCCCCCC/C=C\CCCCCCCCCC)OC(=O)CCCCCCCCCCC/C=C\C/C=C\CCCCC.